The molecule has 0 saturated carbocycles. The van der Waals surface area contributed by atoms with Crippen molar-refractivity contribution in [3.8, 4) is 11.4 Å². The van der Waals surface area contributed by atoms with Crippen molar-refractivity contribution >= 4 is 21.4 Å². The van der Waals surface area contributed by atoms with Crippen LogP contribution in [0.5, 0.6) is 0 Å². The second kappa shape index (κ2) is 6.96. The van der Waals surface area contributed by atoms with Crippen molar-refractivity contribution < 1.29 is 0 Å². The van der Waals surface area contributed by atoms with E-state index in [0.29, 0.717) is 12.4 Å². The molecule has 6 heteroatoms. The Morgan fingerprint density at radius 1 is 1.18 bits per heavy atom. The molecule has 0 aliphatic carbocycles. The van der Waals surface area contributed by atoms with E-state index in [1.807, 2.05) is 23.5 Å². The molecule has 1 aliphatic rings. The number of hydrogen-bond acceptors (Lipinski definition) is 5. The van der Waals surface area contributed by atoms with Gasteiger partial charge in [0.1, 0.15) is 5.82 Å². The van der Waals surface area contributed by atoms with Gasteiger partial charge in [-0.3, -0.25) is 14.7 Å². The molecule has 1 aliphatic heterocycles. The third-order valence-electron chi connectivity index (χ3n) is 5.41. The first-order valence-electron chi connectivity index (χ1n) is 9.41. The van der Waals surface area contributed by atoms with Gasteiger partial charge in [-0.05, 0) is 36.1 Å². The lowest BCUT2D eigenvalue weighted by Gasteiger charge is -2.27. The van der Waals surface area contributed by atoms with Crippen molar-refractivity contribution in [1.82, 2.24) is 19.9 Å². The zero-order chi connectivity index (χ0) is 19.1. The van der Waals surface area contributed by atoms with Crippen LogP contribution in [0.2, 0.25) is 0 Å². The third kappa shape index (κ3) is 3.04. The number of fused-ring (bicyclic) bond motifs is 2. The molecule has 4 aromatic rings. The molecule has 4 heterocycles. The van der Waals surface area contributed by atoms with Gasteiger partial charge < -0.3 is 4.98 Å². The minimum Gasteiger partial charge on any atom is -0.306 e. The lowest BCUT2D eigenvalue weighted by atomic mass is 10.1. The number of aryl methyl sites for hydroxylation is 1. The van der Waals surface area contributed by atoms with Gasteiger partial charge in [0.2, 0.25) is 0 Å². The summed E-state index contributed by atoms with van der Waals surface area (Å²) in [6.45, 7) is 4.62. The largest absolute Gasteiger partial charge is 0.306 e. The lowest BCUT2D eigenvalue weighted by Crippen LogP contribution is -2.35. The SMILES string of the molecule is Cc1c(CN2CCc3nc(-c4ccncc4)[nH]c(=O)c3C2)sc2ccccc12. The Kier molecular flexibility index (Phi) is 4.30. The lowest BCUT2D eigenvalue weighted by molar-refractivity contribution is 0.243. The summed E-state index contributed by atoms with van der Waals surface area (Å²) in [6.07, 6.45) is 4.22. The van der Waals surface area contributed by atoms with E-state index >= 15 is 0 Å². The molecule has 0 bridgehead atoms. The van der Waals surface area contributed by atoms with E-state index in [0.717, 1.165) is 36.3 Å². The van der Waals surface area contributed by atoms with Crippen LogP contribution < -0.4 is 5.56 Å². The first kappa shape index (κ1) is 17.3. The summed E-state index contributed by atoms with van der Waals surface area (Å²) in [5, 5.41) is 1.33. The van der Waals surface area contributed by atoms with Crippen LogP contribution in [0.1, 0.15) is 21.7 Å². The highest BCUT2D eigenvalue weighted by molar-refractivity contribution is 7.19. The van der Waals surface area contributed by atoms with Crippen LogP contribution >= 0.6 is 11.3 Å². The number of thiophene rings is 1. The van der Waals surface area contributed by atoms with E-state index in [9.17, 15) is 4.79 Å². The Bertz CT molecular complexity index is 1210. The zero-order valence-electron chi connectivity index (χ0n) is 15.6. The Labute approximate surface area is 166 Å². The molecule has 5 nitrogen and oxygen atoms in total. The van der Waals surface area contributed by atoms with Gasteiger partial charge in [-0.1, -0.05) is 18.2 Å². The van der Waals surface area contributed by atoms with Gasteiger partial charge >= 0.3 is 0 Å². The van der Waals surface area contributed by atoms with Gasteiger partial charge in [0.05, 0.1) is 11.3 Å². The highest BCUT2D eigenvalue weighted by atomic mass is 32.1. The topological polar surface area (TPSA) is 61.9 Å². The van der Waals surface area contributed by atoms with E-state index in [4.69, 9.17) is 4.98 Å². The van der Waals surface area contributed by atoms with Gasteiger partial charge in [-0.15, -0.1) is 11.3 Å². The van der Waals surface area contributed by atoms with Crippen LogP contribution in [0.3, 0.4) is 0 Å². The molecule has 0 radical (unpaired) electrons. The highest BCUT2D eigenvalue weighted by Crippen LogP contribution is 2.32. The average Bonchev–Trinajstić information content (AvgIpc) is 3.04. The molecule has 28 heavy (non-hydrogen) atoms. The number of pyridine rings is 1. The van der Waals surface area contributed by atoms with E-state index < -0.39 is 0 Å². The summed E-state index contributed by atoms with van der Waals surface area (Å²) in [5.74, 6) is 0.625. The maximum absolute atomic E-state index is 12.7. The van der Waals surface area contributed by atoms with Crippen molar-refractivity contribution in [2.75, 3.05) is 6.54 Å². The van der Waals surface area contributed by atoms with Gasteiger partial charge in [-0.2, -0.15) is 0 Å². The highest BCUT2D eigenvalue weighted by Gasteiger charge is 2.22. The number of rotatable bonds is 3. The first-order valence-corrected chi connectivity index (χ1v) is 10.2. The van der Waals surface area contributed by atoms with E-state index in [1.165, 1.54) is 20.5 Å². The van der Waals surface area contributed by atoms with Gasteiger partial charge in [0.15, 0.2) is 0 Å². The molecular weight excluding hydrogens is 368 g/mol. The molecular formula is C22H20N4OS. The summed E-state index contributed by atoms with van der Waals surface area (Å²) in [6, 6.07) is 12.3. The van der Waals surface area contributed by atoms with Crippen LogP contribution in [0.15, 0.2) is 53.6 Å². The summed E-state index contributed by atoms with van der Waals surface area (Å²) in [7, 11) is 0. The fraction of sp³-hybridized carbons (Fsp3) is 0.227. The second-order valence-corrected chi connectivity index (χ2v) is 8.32. The quantitative estimate of drug-likeness (QED) is 0.578. The maximum atomic E-state index is 12.7. The van der Waals surface area contributed by atoms with Crippen LogP contribution in [-0.2, 0) is 19.5 Å². The number of aromatic amines is 1. The molecule has 5 rings (SSSR count). The molecule has 0 saturated heterocycles. The fourth-order valence-electron chi connectivity index (χ4n) is 3.84. The molecule has 0 atom stereocenters. The Balaban J connectivity index is 1.42. The smallest absolute Gasteiger partial charge is 0.255 e. The molecule has 0 spiro atoms. The predicted molar refractivity (Wildman–Crippen MR) is 112 cm³/mol. The minimum absolute atomic E-state index is 0.0328. The Morgan fingerprint density at radius 3 is 2.82 bits per heavy atom. The Hall–Kier alpha value is -2.83. The normalized spacial score (nSPS) is 14.3. The van der Waals surface area contributed by atoms with E-state index in [-0.39, 0.29) is 5.56 Å². The average molecular weight is 388 g/mol. The van der Waals surface area contributed by atoms with Crippen molar-refractivity contribution in [3.63, 3.8) is 0 Å². The van der Waals surface area contributed by atoms with Crippen molar-refractivity contribution in [3.05, 3.63) is 80.8 Å². The van der Waals surface area contributed by atoms with Crippen molar-refractivity contribution in [2.45, 2.75) is 26.4 Å². The molecule has 0 fully saturated rings. The molecule has 0 unspecified atom stereocenters. The number of aromatic nitrogens is 3. The van der Waals surface area contributed by atoms with E-state index in [2.05, 4.69) is 46.1 Å². The molecule has 140 valence electrons. The molecule has 1 aromatic carbocycles. The molecule has 3 aromatic heterocycles. The van der Waals surface area contributed by atoms with Crippen LogP contribution in [-0.4, -0.2) is 26.4 Å². The van der Waals surface area contributed by atoms with Crippen LogP contribution in [0.25, 0.3) is 21.5 Å². The number of hydrogen-bond donors (Lipinski definition) is 1. The summed E-state index contributed by atoms with van der Waals surface area (Å²) < 4.78 is 1.33. The number of nitrogens with one attached hydrogen (secondary N) is 1. The number of nitrogens with zero attached hydrogens (tertiary/aromatic N) is 3. The Morgan fingerprint density at radius 2 is 2.00 bits per heavy atom. The van der Waals surface area contributed by atoms with Crippen LogP contribution in [0, 0.1) is 6.92 Å². The summed E-state index contributed by atoms with van der Waals surface area (Å²) >= 11 is 1.85. The second-order valence-electron chi connectivity index (χ2n) is 7.18. The number of H-pyrrole nitrogens is 1. The van der Waals surface area contributed by atoms with Crippen molar-refractivity contribution in [1.29, 1.82) is 0 Å². The number of benzene rings is 1. The predicted octanol–water partition coefficient (Wildman–Crippen LogP) is 3.91. The van der Waals surface area contributed by atoms with Crippen molar-refractivity contribution in [2.24, 2.45) is 0 Å². The van der Waals surface area contributed by atoms with Crippen LogP contribution in [0.4, 0.5) is 0 Å². The van der Waals surface area contributed by atoms with Gasteiger partial charge in [0, 0.05) is 53.6 Å². The maximum Gasteiger partial charge on any atom is 0.255 e. The zero-order valence-corrected chi connectivity index (χ0v) is 16.4. The fourth-order valence-corrected chi connectivity index (χ4v) is 5.09. The monoisotopic (exact) mass is 388 g/mol. The standard InChI is InChI=1S/C22H20N4OS/c1-14-16-4-2-3-5-19(16)28-20(14)13-26-11-8-18-17(12-26)22(27)25-21(24-18)15-6-9-23-10-7-15/h2-7,9-10H,8,11-13H2,1H3,(H,24,25,27). The molecule has 1 N–H and O–H groups in total. The first-order chi connectivity index (χ1) is 13.7. The van der Waals surface area contributed by atoms with Gasteiger partial charge in [0.25, 0.3) is 5.56 Å². The summed E-state index contributed by atoms with van der Waals surface area (Å²) in [4.78, 5) is 28.2. The molecule has 0 amide bonds. The third-order valence-corrected chi connectivity index (χ3v) is 6.67. The minimum atomic E-state index is -0.0328. The van der Waals surface area contributed by atoms with E-state index in [1.54, 1.807) is 12.4 Å². The van der Waals surface area contributed by atoms with Gasteiger partial charge in [-0.25, -0.2) is 4.98 Å². The summed E-state index contributed by atoms with van der Waals surface area (Å²) in [5.41, 5.74) is 3.92.